The molecule has 4 rings (SSSR count). The van der Waals surface area contributed by atoms with E-state index in [1.165, 1.54) is 51.4 Å². The Morgan fingerprint density at radius 1 is 0.840 bits per heavy atom. The lowest BCUT2D eigenvalue weighted by Gasteiger charge is -2.40. The topological polar surface area (TPSA) is 54.3 Å². The smallest absolute Gasteiger partial charge is 0.276 e. The van der Waals surface area contributed by atoms with Crippen molar-refractivity contribution in [1.82, 2.24) is 24.8 Å². The molecule has 1 aromatic rings. The van der Waals surface area contributed by atoms with Gasteiger partial charge in [0.2, 0.25) is 0 Å². The first kappa shape index (κ1) is 17.0. The molecule has 1 amide bonds. The number of amides is 1. The maximum absolute atomic E-state index is 12.8. The van der Waals surface area contributed by atoms with Gasteiger partial charge in [-0.15, -0.1) is 5.10 Å². The minimum atomic E-state index is 0.0605. The Morgan fingerprint density at radius 2 is 1.44 bits per heavy atom. The molecule has 0 aromatic carbocycles. The van der Waals surface area contributed by atoms with Crippen LogP contribution in [-0.4, -0.2) is 62.9 Å². The lowest BCUT2D eigenvalue weighted by Crippen LogP contribution is -2.52. The van der Waals surface area contributed by atoms with Gasteiger partial charge in [-0.05, 0) is 25.7 Å². The number of hydrogen-bond acceptors (Lipinski definition) is 4. The fraction of sp³-hybridized carbons (Fsp3) is 0.842. The van der Waals surface area contributed by atoms with Crippen molar-refractivity contribution in [2.45, 2.75) is 76.3 Å². The number of aromatic nitrogens is 3. The highest BCUT2D eigenvalue weighted by Crippen LogP contribution is 2.27. The zero-order chi connectivity index (χ0) is 17.1. The molecule has 1 aliphatic heterocycles. The maximum Gasteiger partial charge on any atom is 0.276 e. The lowest BCUT2D eigenvalue weighted by molar-refractivity contribution is 0.0518. The molecule has 0 radical (unpaired) electrons. The summed E-state index contributed by atoms with van der Waals surface area (Å²) in [7, 11) is 0. The number of rotatable bonds is 3. The van der Waals surface area contributed by atoms with Crippen molar-refractivity contribution in [3.8, 4) is 0 Å². The van der Waals surface area contributed by atoms with Gasteiger partial charge >= 0.3 is 0 Å². The third-order valence-corrected chi connectivity index (χ3v) is 6.37. The molecule has 0 atom stereocenters. The molecule has 0 N–H and O–H groups in total. The van der Waals surface area contributed by atoms with E-state index >= 15 is 0 Å². The summed E-state index contributed by atoms with van der Waals surface area (Å²) >= 11 is 0. The molecular formula is C19H31N5O. The van der Waals surface area contributed by atoms with Crippen LogP contribution in [0.5, 0.6) is 0 Å². The summed E-state index contributed by atoms with van der Waals surface area (Å²) in [6, 6.07) is 1.18. The molecule has 0 bridgehead atoms. The fourth-order valence-corrected chi connectivity index (χ4v) is 4.80. The molecule has 6 heteroatoms. The van der Waals surface area contributed by atoms with E-state index in [1.54, 1.807) is 0 Å². The number of carbonyl (C=O) groups excluding carboxylic acids is 1. The van der Waals surface area contributed by atoms with E-state index in [0.29, 0.717) is 11.7 Å². The van der Waals surface area contributed by atoms with E-state index in [1.807, 2.05) is 15.8 Å². The first-order valence-electron chi connectivity index (χ1n) is 10.3. The number of carbonyl (C=O) groups is 1. The SMILES string of the molecule is O=C(c1cn(C2CCCCC2)nn1)N1CCN(C2CCCCC2)CC1. The molecule has 2 saturated carbocycles. The Morgan fingerprint density at radius 3 is 2.08 bits per heavy atom. The zero-order valence-electron chi connectivity index (χ0n) is 15.3. The molecule has 1 aromatic heterocycles. The van der Waals surface area contributed by atoms with Crippen LogP contribution >= 0.6 is 0 Å². The van der Waals surface area contributed by atoms with Crippen LogP contribution in [0, 0.1) is 0 Å². The van der Waals surface area contributed by atoms with E-state index in [2.05, 4.69) is 15.2 Å². The number of hydrogen-bond donors (Lipinski definition) is 0. The Balaban J connectivity index is 1.32. The van der Waals surface area contributed by atoms with Gasteiger partial charge in [0.15, 0.2) is 5.69 Å². The van der Waals surface area contributed by atoms with Crippen LogP contribution in [0.15, 0.2) is 6.20 Å². The first-order valence-corrected chi connectivity index (χ1v) is 10.3. The largest absolute Gasteiger partial charge is 0.335 e. The van der Waals surface area contributed by atoms with Crippen molar-refractivity contribution in [3.63, 3.8) is 0 Å². The van der Waals surface area contributed by atoms with Gasteiger partial charge in [0.25, 0.3) is 5.91 Å². The third kappa shape index (κ3) is 3.89. The van der Waals surface area contributed by atoms with Crippen molar-refractivity contribution in [2.24, 2.45) is 0 Å². The van der Waals surface area contributed by atoms with Crippen LogP contribution in [0.3, 0.4) is 0 Å². The van der Waals surface area contributed by atoms with Crippen LogP contribution in [0.25, 0.3) is 0 Å². The van der Waals surface area contributed by atoms with E-state index < -0.39 is 0 Å². The number of nitrogens with zero attached hydrogens (tertiary/aromatic N) is 5. The van der Waals surface area contributed by atoms with Crippen LogP contribution < -0.4 is 0 Å². The van der Waals surface area contributed by atoms with Gasteiger partial charge < -0.3 is 4.90 Å². The zero-order valence-corrected chi connectivity index (χ0v) is 15.3. The second kappa shape index (κ2) is 7.85. The second-order valence-electron chi connectivity index (χ2n) is 8.00. The standard InChI is InChI=1S/C19H31N5O/c25-19(18-15-24(21-20-18)17-9-5-2-6-10-17)23-13-11-22(12-14-23)16-7-3-1-4-8-16/h15-17H,1-14H2. The van der Waals surface area contributed by atoms with E-state index in [0.717, 1.165) is 45.1 Å². The minimum Gasteiger partial charge on any atom is -0.335 e. The Hall–Kier alpha value is -1.43. The van der Waals surface area contributed by atoms with Crippen LogP contribution in [0.2, 0.25) is 0 Å². The minimum absolute atomic E-state index is 0.0605. The lowest BCUT2D eigenvalue weighted by atomic mass is 9.94. The van der Waals surface area contributed by atoms with Gasteiger partial charge in [-0.1, -0.05) is 43.7 Å². The normalized spacial score (nSPS) is 24.6. The highest BCUT2D eigenvalue weighted by atomic mass is 16.2. The van der Waals surface area contributed by atoms with E-state index in [4.69, 9.17) is 0 Å². The van der Waals surface area contributed by atoms with Gasteiger partial charge in [0.05, 0.1) is 12.2 Å². The summed E-state index contributed by atoms with van der Waals surface area (Å²) in [4.78, 5) is 17.3. The molecule has 3 fully saturated rings. The molecule has 2 aliphatic carbocycles. The van der Waals surface area contributed by atoms with E-state index in [9.17, 15) is 4.79 Å². The molecule has 2 heterocycles. The summed E-state index contributed by atoms with van der Waals surface area (Å²) in [5.41, 5.74) is 0.525. The van der Waals surface area contributed by atoms with Crippen LogP contribution in [-0.2, 0) is 0 Å². The summed E-state index contributed by atoms with van der Waals surface area (Å²) in [6.07, 6.45) is 14.9. The molecule has 3 aliphatic rings. The summed E-state index contributed by atoms with van der Waals surface area (Å²) in [5.74, 6) is 0.0605. The van der Waals surface area contributed by atoms with E-state index in [-0.39, 0.29) is 5.91 Å². The Labute approximate surface area is 150 Å². The quantitative estimate of drug-likeness (QED) is 0.845. The molecule has 0 spiro atoms. The van der Waals surface area contributed by atoms with Crippen molar-refractivity contribution in [3.05, 3.63) is 11.9 Å². The van der Waals surface area contributed by atoms with Crippen LogP contribution in [0.1, 0.15) is 80.7 Å². The van der Waals surface area contributed by atoms with Crippen molar-refractivity contribution >= 4 is 5.91 Å². The molecule has 6 nitrogen and oxygen atoms in total. The maximum atomic E-state index is 12.8. The first-order chi connectivity index (χ1) is 12.3. The summed E-state index contributed by atoms with van der Waals surface area (Å²) in [5, 5.41) is 8.44. The van der Waals surface area contributed by atoms with Crippen molar-refractivity contribution < 1.29 is 4.79 Å². The van der Waals surface area contributed by atoms with Gasteiger partial charge in [-0.2, -0.15) is 0 Å². The fourth-order valence-electron chi connectivity index (χ4n) is 4.80. The molecule has 1 saturated heterocycles. The van der Waals surface area contributed by atoms with Gasteiger partial charge in [0, 0.05) is 32.2 Å². The highest BCUT2D eigenvalue weighted by Gasteiger charge is 2.29. The molecule has 0 unspecified atom stereocenters. The summed E-state index contributed by atoms with van der Waals surface area (Å²) in [6.45, 7) is 3.66. The average molecular weight is 345 g/mol. The average Bonchev–Trinajstić information content (AvgIpc) is 3.19. The molecule has 138 valence electrons. The predicted octanol–water partition coefficient (Wildman–Crippen LogP) is 2.87. The van der Waals surface area contributed by atoms with Crippen molar-refractivity contribution in [2.75, 3.05) is 26.2 Å². The molecular weight excluding hydrogens is 314 g/mol. The Bertz CT molecular complexity index is 566. The third-order valence-electron chi connectivity index (χ3n) is 6.37. The van der Waals surface area contributed by atoms with Crippen LogP contribution in [0.4, 0.5) is 0 Å². The number of piperazine rings is 1. The van der Waals surface area contributed by atoms with Gasteiger partial charge in [-0.3, -0.25) is 9.69 Å². The molecule has 25 heavy (non-hydrogen) atoms. The second-order valence-corrected chi connectivity index (χ2v) is 8.00. The predicted molar refractivity (Wildman–Crippen MR) is 96.5 cm³/mol. The Kier molecular flexibility index (Phi) is 5.34. The highest BCUT2D eigenvalue weighted by molar-refractivity contribution is 5.92. The van der Waals surface area contributed by atoms with Gasteiger partial charge in [0.1, 0.15) is 0 Å². The van der Waals surface area contributed by atoms with Gasteiger partial charge in [-0.25, -0.2) is 4.68 Å². The summed E-state index contributed by atoms with van der Waals surface area (Å²) < 4.78 is 1.94. The monoisotopic (exact) mass is 345 g/mol. The van der Waals surface area contributed by atoms with Crippen molar-refractivity contribution in [1.29, 1.82) is 0 Å².